The number of hydrogen-bond donors (Lipinski definition) is 1. The third-order valence-electron chi connectivity index (χ3n) is 4.17. The molecule has 8 heteroatoms. The maximum atomic E-state index is 12.7. The van der Waals surface area contributed by atoms with Crippen molar-refractivity contribution in [3.8, 4) is 11.8 Å². The molecule has 1 aliphatic heterocycles. The van der Waals surface area contributed by atoms with E-state index < -0.39 is 12.0 Å². The molecule has 1 aromatic rings. The maximum Gasteiger partial charge on any atom is 0.338 e. The third kappa shape index (κ3) is 4.96. The van der Waals surface area contributed by atoms with Crippen LogP contribution in [0.5, 0.6) is 5.75 Å². The summed E-state index contributed by atoms with van der Waals surface area (Å²) in [7, 11) is 1.55. The van der Waals surface area contributed by atoms with Gasteiger partial charge in [0, 0.05) is 19.4 Å². The highest BCUT2D eigenvalue weighted by atomic mass is 32.1. The number of carbonyl (C=O) groups excluding carboxylic acids is 1. The Kier molecular flexibility index (Phi) is 7.58. The number of benzene rings is 1. The largest absolute Gasteiger partial charge is 0.479 e. The van der Waals surface area contributed by atoms with Crippen molar-refractivity contribution in [1.29, 1.82) is 5.26 Å². The predicted octanol–water partition coefficient (Wildman–Crippen LogP) is 2.30. The van der Waals surface area contributed by atoms with Crippen LogP contribution in [0.2, 0.25) is 0 Å². The van der Waals surface area contributed by atoms with E-state index in [1.165, 1.54) is 0 Å². The van der Waals surface area contributed by atoms with Crippen LogP contribution >= 0.6 is 12.2 Å². The number of allylic oxidation sites excluding steroid dienone is 1. The standard InChI is InChI=1S/C19H23N3O4S/c1-4-22-13(2)16(18(23)26-12-11-24-3)17(21-19(22)27)14-5-7-15(8-6-14)25-10-9-20/h5-8,17H,4,10-12H2,1-3H3,(H,21,27)/t17-/m0/s1. The van der Waals surface area contributed by atoms with Crippen molar-refractivity contribution in [3.05, 3.63) is 41.1 Å². The number of nitrogens with zero attached hydrogens (tertiary/aromatic N) is 2. The summed E-state index contributed by atoms with van der Waals surface area (Å²) in [6.07, 6.45) is 0. The quantitative estimate of drug-likeness (QED) is 0.412. The van der Waals surface area contributed by atoms with Gasteiger partial charge in [0.15, 0.2) is 11.7 Å². The number of esters is 1. The van der Waals surface area contributed by atoms with Crippen LogP contribution in [0.1, 0.15) is 25.5 Å². The van der Waals surface area contributed by atoms with Crippen molar-refractivity contribution in [2.45, 2.75) is 19.9 Å². The molecular weight excluding hydrogens is 366 g/mol. The van der Waals surface area contributed by atoms with Crippen LogP contribution in [-0.4, -0.2) is 49.5 Å². The van der Waals surface area contributed by atoms with Crippen LogP contribution in [0.4, 0.5) is 0 Å². The minimum atomic E-state index is -0.430. The van der Waals surface area contributed by atoms with Crippen molar-refractivity contribution in [2.75, 3.05) is 33.5 Å². The van der Waals surface area contributed by atoms with E-state index in [1.807, 2.05) is 36.9 Å². The Morgan fingerprint density at radius 1 is 1.33 bits per heavy atom. The number of thiocarbonyl (C=S) groups is 1. The molecular formula is C19H23N3O4S. The van der Waals surface area contributed by atoms with E-state index in [0.717, 1.165) is 11.3 Å². The van der Waals surface area contributed by atoms with E-state index in [4.69, 9.17) is 31.7 Å². The number of carbonyl (C=O) groups is 1. The summed E-state index contributed by atoms with van der Waals surface area (Å²) < 4.78 is 15.6. The third-order valence-corrected chi connectivity index (χ3v) is 4.51. The molecule has 0 fully saturated rings. The van der Waals surface area contributed by atoms with Crippen molar-refractivity contribution in [1.82, 2.24) is 10.2 Å². The van der Waals surface area contributed by atoms with Crippen molar-refractivity contribution < 1.29 is 19.0 Å². The minimum Gasteiger partial charge on any atom is -0.479 e. The van der Waals surface area contributed by atoms with Gasteiger partial charge in [0.05, 0.1) is 18.2 Å². The topological polar surface area (TPSA) is 83.8 Å². The van der Waals surface area contributed by atoms with E-state index in [2.05, 4.69) is 5.32 Å². The lowest BCUT2D eigenvalue weighted by molar-refractivity contribution is -0.140. The Morgan fingerprint density at radius 3 is 2.63 bits per heavy atom. The summed E-state index contributed by atoms with van der Waals surface area (Å²) in [5.74, 6) is 0.173. The van der Waals surface area contributed by atoms with E-state index in [1.54, 1.807) is 19.2 Å². The van der Waals surface area contributed by atoms with E-state index in [0.29, 0.717) is 29.6 Å². The lowest BCUT2D eigenvalue weighted by Crippen LogP contribution is -2.47. The molecule has 0 amide bonds. The second kappa shape index (κ2) is 9.90. The second-order valence-electron chi connectivity index (χ2n) is 5.77. The maximum absolute atomic E-state index is 12.7. The molecule has 1 N–H and O–H groups in total. The Bertz CT molecular complexity index is 755. The normalized spacial score (nSPS) is 16.6. The van der Waals surface area contributed by atoms with Crippen LogP contribution in [0, 0.1) is 11.3 Å². The Balaban J connectivity index is 2.33. The van der Waals surface area contributed by atoms with E-state index >= 15 is 0 Å². The van der Waals surface area contributed by atoms with Crippen LogP contribution < -0.4 is 10.1 Å². The fourth-order valence-corrected chi connectivity index (χ4v) is 3.23. The fourth-order valence-electron chi connectivity index (χ4n) is 2.84. The van der Waals surface area contributed by atoms with Gasteiger partial charge in [-0.2, -0.15) is 5.26 Å². The lowest BCUT2D eigenvalue weighted by atomic mass is 9.95. The predicted molar refractivity (Wildman–Crippen MR) is 104 cm³/mol. The zero-order chi connectivity index (χ0) is 19.8. The van der Waals surface area contributed by atoms with Crippen LogP contribution in [-0.2, 0) is 14.3 Å². The Morgan fingerprint density at radius 2 is 2.04 bits per heavy atom. The van der Waals surface area contributed by atoms with Crippen LogP contribution in [0.25, 0.3) is 0 Å². The van der Waals surface area contributed by atoms with Crippen LogP contribution in [0.3, 0.4) is 0 Å². The van der Waals surface area contributed by atoms with Gasteiger partial charge in [0.25, 0.3) is 0 Å². The first-order valence-electron chi connectivity index (χ1n) is 8.58. The first-order chi connectivity index (χ1) is 13.0. The first kappa shape index (κ1) is 20.7. The van der Waals surface area contributed by atoms with Gasteiger partial charge in [-0.15, -0.1) is 0 Å². The zero-order valence-corrected chi connectivity index (χ0v) is 16.5. The van der Waals surface area contributed by atoms with E-state index in [-0.39, 0.29) is 13.2 Å². The lowest BCUT2D eigenvalue weighted by Gasteiger charge is -2.37. The SMILES string of the molecule is CCN1C(=S)N[C@@H](c2ccc(OCC#N)cc2)C(C(=O)OCCOC)=C1C. The van der Waals surface area contributed by atoms with Gasteiger partial charge in [-0.25, -0.2) is 4.79 Å². The second-order valence-corrected chi connectivity index (χ2v) is 6.16. The molecule has 0 saturated carbocycles. The molecule has 1 atom stereocenters. The summed E-state index contributed by atoms with van der Waals surface area (Å²) in [4.78, 5) is 14.6. The summed E-state index contributed by atoms with van der Waals surface area (Å²) in [6, 6.07) is 8.69. The van der Waals surface area contributed by atoms with Crippen molar-refractivity contribution in [2.24, 2.45) is 0 Å². The number of methoxy groups -OCH3 is 1. The molecule has 144 valence electrons. The Labute approximate surface area is 164 Å². The van der Waals surface area contributed by atoms with Gasteiger partial charge in [-0.05, 0) is 43.8 Å². The van der Waals surface area contributed by atoms with Crippen molar-refractivity contribution in [3.63, 3.8) is 0 Å². The highest BCUT2D eigenvalue weighted by Crippen LogP contribution is 2.32. The number of nitriles is 1. The molecule has 1 aliphatic rings. The zero-order valence-electron chi connectivity index (χ0n) is 15.7. The van der Waals surface area contributed by atoms with Gasteiger partial charge in [0.1, 0.15) is 18.4 Å². The summed E-state index contributed by atoms with van der Waals surface area (Å²) >= 11 is 5.46. The smallest absolute Gasteiger partial charge is 0.338 e. The molecule has 27 heavy (non-hydrogen) atoms. The summed E-state index contributed by atoms with van der Waals surface area (Å²) in [6.45, 7) is 4.95. The molecule has 0 aromatic heterocycles. The molecule has 2 rings (SSSR count). The van der Waals surface area contributed by atoms with Gasteiger partial charge < -0.3 is 24.4 Å². The summed E-state index contributed by atoms with van der Waals surface area (Å²) in [5.41, 5.74) is 2.11. The molecule has 0 radical (unpaired) electrons. The molecule has 7 nitrogen and oxygen atoms in total. The van der Waals surface area contributed by atoms with Gasteiger partial charge in [-0.3, -0.25) is 0 Å². The molecule has 0 saturated heterocycles. The highest BCUT2D eigenvalue weighted by Gasteiger charge is 2.34. The molecule has 0 aliphatic carbocycles. The molecule has 0 spiro atoms. The fraction of sp³-hybridized carbons (Fsp3) is 0.421. The summed E-state index contributed by atoms with van der Waals surface area (Å²) in [5, 5.41) is 12.4. The minimum absolute atomic E-state index is 0.0212. The molecule has 1 heterocycles. The number of nitrogens with one attached hydrogen (secondary N) is 1. The average molecular weight is 389 g/mol. The molecule has 0 unspecified atom stereocenters. The highest BCUT2D eigenvalue weighted by molar-refractivity contribution is 7.80. The number of ether oxygens (including phenoxy) is 3. The first-order valence-corrected chi connectivity index (χ1v) is 8.98. The number of rotatable bonds is 8. The van der Waals surface area contributed by atoms with Gasteiger partial charge >= 0.3 is 5.97 Å². The number of hydrogen-bond acceptors (Lipinski definition) is 6. The average Bonchev–Trinajstić information content (AvgIpc) is 2.66. The monoisotopic (exact) mass is 389 g/mol. The molecule has 0 bridgehead atoms. The van der Waals surface area contributed by atoms with Crippen molar-refractivity contribution >= 4 is 23.3 Å². The van der Waals surface area contributed by atoms with Crippen LogP contribution in [0.15, 0.2) is 35.5 Å². The van der Waals surface area contributed by atoms with Gasteiger partial charge in [0.2, 0.25) is 0 Å². The molecule has 1 aromatic carbocycles. The Hall–Kier alpha value is -2.63. The van der Waals surface area contributed by atoms with E-state index in [9.17, 15) is 4.79 Å². The van der Waals surface area contributed by atoms with Gasteiger partial charge in [-0.1, -0.05) is 12.1 Å².